The highest BCUT2D eigenvalue weighted by molar-refractivity contribution is 7.91. The first kappa shape index (κ1) is 12.4. The molecule has 0 unspecified atom stereocenters. The van der Waals surface area contributed by atoms with Gasteiger partial charge in [0.1, 0.15) is 5.82 Å². The van der Waals surface area contributed by atoms with Gasteiger partial charge >= 0.3 is 0 Å². The van der Waals surface area contributed by atoms with Crippen LogP contribution in [0.25, 0.3) is 0 Å². The Labute approximate surface area is 101 Å². The molecule has 0 saturated heterocycles. The molecule has 1 saturated carbocycles. The normalized spacial score (nSPS) is 17.5. The second-order valence-electron chi connectivity index (χ2n) is 4.57. The monoisotopic (exact) mass is 257 g/mol. The van der Waals surface area contributed by atoms with Gasteiger partial charge in [0.15, 0.2) is 9.84 Å². The summed E-state index contributed by atoms with van der Waals surface area (Å²) in [5.41, 5.74) is 5.87. The molecule has 1 aromatic carbocycles. The van der Waals surface area contributed by atoms with Crippen LogP contribution in [-0.2, 0) is 15.6 Å². The number of anilines is 1. The number of rotatable bonds is 3. The summed E-state index contributed by atoms with van der Waals surface area (Å²) in [5.74, 6) is -0.640. The van der Waals surface area contributed by atoms with E-state index in [1.165, 1.54) is 12.1 Å². The summed E-state index contributed by atoms with van der Waals surface area (Å²) in [6.07, 6.45) is 3.42. The number of nitrogen functional groups attached to an aromatic ring is 1. The first-order valence-corrected chi connectivity index (χ1v) is 7.46. The Morgan fingerprint density at radius 3 is 2.53 bits per heavy atom. The second kappa shape index (κ2) is 4.64. The Bertz CT molecular complexity index is 507. The fraction of sp³-hybridized carbons (Fsp3) is 0.500. The topological polar surface area (TPSA) is 60.2 Å². The predicted molar refractivity (Wildman–Crippen MR) is 65.7 cm³/mol. The molecular weight excluding hydrogens is 241 g/mol. The molecule has 0 heterocycles. The Morgan fingerprint density at radius 1 is 1.29 bits per heavy atom. The Balaban J connectivity index is 2.17. The fourth-order valence-corrected chi connectivity index (χ4v) is 4.19. The smallest absolute Gasteiger partial charge is 0.157 e. The van der Waals surface area contributed by atoms with Crippen LogP contribution in [0, 0.1) is 5.82 Å². The van der Waals surface area contributed by atoms with Crippen LogP contribution in [0.5, 0.6) is 0 Å². The standard InChI is InChI=1S/C12H16FNO2S/c13-11-7-9(5-6-12(11)14)8-17(15,16)10-3-1-2-4-10/h5-7,10H,1-4,8,14H2. The van der Waals surface area contributed by atoms with Gasteiger partial charge in [-0.05, 0) is 30.5 Å². The number of benzene rings is 1. The van der Waals surface area contributed by atoms with Crippen LogP contribution in [0.15, 0.2) is 18.2 Å². The molecule has 0 atom stereocenters. The predicted octanol–water partition coefficient (Wildman–Crippen LogP) is 2.27. The molecule has 17 heavy (non-hydrogen) atoms. The molecule has 0 amide bonds. The van der Waals surface area contributed by atoms with Crippen molar-refractivity contribution in [1.29, 1.82) is 0 Å². The molecule has 2 N–H and O–H groups in total. The van der Waals surface area contributed by atoms with Crippen molar-refractivity contribution in [3.05, 3.63) is 29.6 Å². The molecule has 2 rings (SSSR count). The van der Waals surface area contributed by atoms with Crippen LogP contribution in [0.1, 0.15) is 31.2 Å². The summed E-state index contributed by atoms with van der Waals surface area (Å²) in [5, 5.41) is -0.247. The van der Waals surface area contributed by atoms with E-state index in [9.17, 15) is 12.8 Å². The van der Waals surface area contributed by atoms with Gasteiger partial charge in [0.2, 0.25) is 0 Å². The molecule has 1 aliphatic rings. The number of nitrogens with two attached hydrogens (primary N) is 1. The molecule has 1 aromatic rings. The van der Waals surface area contributed by atoms with Crippen molar-refractivity contribution in [2.24, 2.45) is 0 Å². The van der Waals surface area contributed by atoms with E-state index < -0.39 is 15.7 Å². The van der Waals surface area contributed by atoms with Gasteiger partial charge in [0.25, 0.3) is 0 Å². The highest BCUT2D eigenvalue weighted by Gasteiger charge is 2.28. The van der Waals surface area contributed by atoms with Crippen molar-refractivity contribution >= 4 is 15.5 Å². The van der Waals surface area contributed by atoms with E-state index in [4.69, 9.17) is 5.73 Å². The van der Waals surface area contributed by atoms with Crippen molar-refractivity contribution in [1.82, 2.24) is 0 Å². The van der Waals surface area contributed by atoms with E-state index in [0.717, 1.165) is 25.7 Å². The summed E-state index contributed by atoms with van der Waals surface area (Å²) in [6.45, 7) is 0. The molecule has 0 bridgehead atoms. The third-order valence-electron chi connectivity index (χ3n) is 3.24. The van der Waals surface area contributed by atoms with Crippen molar-refractivity contribution in [2.45, 2.75) is 36.7 Å². The molecule has 0 radical (unpaired) electrons. The minimum atomic E-state index is -3.15. The maximum absolute atomic E-state index is 13.2. The molecule has 1 fully saturated rings. The fourth-order valence-electron chi connectivity index (χ4n) is 2.26. The molecule has 0 aliphatic heterocycles. The number of sulfone groups is 1. The number of halogens is 1. The summed E-state index contributed by atoms with van der Waals surface area (Å²) >= 11 is 0. The SMILES string of the molecule is Nc1ccc(CS(=O)(=O)C2CCCC2)cc1F. The molecule has 0 aromatic heterocycles. The average molecular weight is 257 g/mol. The summed E-state index contributed by atoms with van der Waals surface area (Å²) in [7, 11) is -3.15. The van der Waals surface area contributed by atoms with Gasteiger partial charge in [0, 0.05) is 0 Å². The lowest BCUT2D eigenvalue weighted by Crippen LogP contribution is -2.19. The van der Waals surface area contributed by atoms with Gasteiger partial charge < -0.3 is 5.73 Å². The third kappa shape index (κ3) is 2.77. The average Bonchev–Trinajstić information content (AvgIpc) is 2.77. The lowest BCUT2D eigenvalue weighted by molar-refractivity contribution is 0.578. The molecule has 5 heteroatoms. The quantitative estimate of drug-likeness (QED) is 0.845. The molecule has 0 spiro atoms. The van der Waals surface area contributed by atoms with Crippen LogP contribution in [0.2, 0.25) is 0 Å². The highest BCUT2D eigenvalue weighted by Crippen LogP contribution is 2.27. The first-order chi connectivity index (χ1) is 7.99. The van der Waals surface area contributed by atoms with Gasteiger partial charge in [-0.2, -0.15) is 0 Å². The van der Waals surface area contributed by atoms with Crippen LogP contribution in [-0.4, -0.2) is 13.7 Å². The van der Waals surface area contributed by atoms with Gasteiger partial charge in [-0.3, -0.25) is 0 Å². The van der Waals surface area contributed by atoms with Gasteiger partial charge in [-0.15, -0.1) is 0 Å². The van der Waals surface area contributed by atoms with Gasteiger partial charge in [0.05, 0.1) is 16.7 Å². The Morgan fingerprint density at radius 2 is 1.94 bits per heavy atom. The Hall–Kier alpha value is -1.10. The first-order valence-electron chi connectivity index (χ1n) is 5.74. The van der Waals surface area contributed by atoms with E-state index in [0.29, 0.717) is 5.56 Å². The van der Waals surface area contributed by atoms with Crippen molar-refractivity contribution in [3.8, 4) is 0 Å². The second-order valence-corrected chi connectivity index (χ2v) is 6.85. The summed E-state index contributed by atoms with van der Waals surface area (Å²) in [4.78, 5) is 0. The van der Waals surface area contributed by atoms with E-state index in [2.05, 4.69) is 0 Å². The summed E-state index contributed by atoms with van der Waals surface area (Å²) < 4.78 is 37.3. The van der Waals surface area contributed by atoms with Crippen LogP contribution < -0.4 is 5.73 Å². The lowest BCUT2D eigenvalue weighted by Gasteiger charge is -2.11. The van der Waals surface area contributed by atoms with E-state index in [1.807, 2.05) is 0 Å². The maximum atomic E-state index is 13.2. The van der Waals surface area contributed by atoms with Crippen molar-refractivity contribution in [2.75, 3.05) is 5.73 Å². The van der Waals surface area contributed by atoms with Gasteiger partial charge in [-0.1, -0.05) is 18.9 Å². The molecule has 94 valence electrons. The van der Waals surface area contributed by atoms with Crippen molar-refractivity contribution in [3.63, 3.8) is 0 Å². The zero-order valence-corrected chi connectivity index (χ0v) is 10.3. The van der Waals surface area contributed by atoms with E-state index in [1.54, 1.807) is 6.07 Å². The number of hydrogen-bond acceptors (Lipinski definition) is 3. The van der Waals surface area contributed by atoms with Crippen LogP contribution >= 0.6 is 0 Å². The highest BCUT2D eigenvalue weighted by atomic mass is 32.2. The minimum absolute atomic E-state index is 0.0482. The lowest BCUT2D eigenvalue weighted by atomic mass is 10.2. The zero-order valence-electron chi connectivity index (χ0n) is 9.52. The molecule has 3 nitrogen and oxygen atoms in total. The third-order valence-corrected chi connectivity index (χ3v) is 5.47. The molecule has 1 aliphatic carbocycles. The van der Waals surface area contributed by atoms with E-state index >= 15 is 0 Å². The van der Waals surface area contributed by atoms with Crippen LogP contribution in [0.3, 0.4) is 0 Å². The van der Waals surface area contributed by atoms with Gasteiger partial charge in [-0.25, -0.2) is 12.8 Å². The van der Waals surface area contributed by atoms with E-state index in [-0.39, 0.29) is 16.7 Å². The number of hydrogen-bond donors (Lipinski definition) is 1. The van der Waals surface area contributed by atoms with Crippen molar-refractivity contribution < 1.29 is 12.8 Å². The minimum Gasteiger partial charge on any atom is -0.396 e. The maximum Gasteiger partial charge on any atom is 0.157 e. The largest absolute Gasteiger partial charge is 0.396 e. The van der Waals surface area contributed by atoms with Crippen LogP contribution in [0.4, 0.5) is 10.1 Å². The zero-order chi connectivity index (χ0) is 12.5. The Kier molecular flexibility index (Phi) is 3.38. The summed E-state index contributed by atoms with van der Waals surface area (Å²) in [6, 6.07) is 4.20. The molecular formula is C12H16FNO2S.